The number of nitrogens with two attached hydrogens (primary N) is 2. The van der Waals surface area contributed by atoms with Crippen LogP contribution in [0.4, 0.5) is 5.13 Å². The second kappa shape index (κ2) is 5.92. The number of carbonyl (C=O) groups is 1. The molecule has 0 amide bonds. The van der Waals surface area contributed by atoms with E-state index >= 15 is 0 Å². The second-order valence-electron chi connectivity index (χ2n) is 2.85. The summed E-state index contributed by atoms with van der Waals surface area (Å²) >= 11 is 1.13. The van der Waals surface area contributed by atoms with Crippen LogP contribution in [0.2, 0.25) is 0 Å². The third kappa shape index (κ3) is 3.81. The van der Waals surface area contributed by atoms with Crippen LogP contribution in [-0.2, 0) is 14.4 Å². The number of hydrogen-bond donors (Lipinski definition) is 3. The highest BCUT2D eigenvalue weighted by Gasteiger charge is 2.13. The fraction of sp³-hybridized carbons (Fsp3) is 0.250. The molecule has 0 saturated carbocycles. The summed E-state index contributed by atoms with van der Waals surface area (Å²) in [6, 6.07) is -1.22. The number of carboxylic acids is 1. The van der Waals surface area contributed by atoms with Gasteiger partial charge < -0.3 is 21.4 Å². The van der Waals surface area contributed by atoms with Gasteiger partial charge in [0.1, 0.15) is 18.3 Å². The van der Waals surface area contributed by atoms with E-state index in [2.05, 4.69) is 15.0 Å². The van der Waals surface area contributed by atoms with E-state index in [0.717, 1.165) is 11.3 Å². The van der Waals surface area contributed by atoms with Gasteiger partial charge >= 0.3 is 5.97 Å². The molecule has 1 unspecified atom stereocenters. The number of carbonyl (C=O) groups excluding carboxylic acids is 1. The summed E-state index contributed by atoms with van der Waals surface area (Å²) in [4.78, 5) is 29.3. The number of hydrogen-bond acceptors (Lipinski definition) is 8. The molecule has 0 bridgehead atoms. The average molecular weight is 257 g/mol. The van der Waals surface area contributed by atoms with E-state index in [1.54, 1.807) is 0 Å². The molecule has 17 heavy (non-hydrogen) atoms. The Balaban J connectivity index is 2.62. The number of carboxylic acid groups (broad SMARTS) is 1. The fourth-order valence-corrected chi connectivity index (χ4v) is 1.32. The monoisotopic (exact) mass is 257 g/mol. The Morgan fingerprint density at radius 2 is 2.47 bits per heavy atom. The first-order valence-electron chi connectivity index (χ1n) is 4.32. The molecule has 1 radical (unpaired) electrons. The van der Waals surface area contributed by atoms with Gasteiger partial charge in [-0.2, -0.15) is 0 Å². The maximum Gasteiger partial charge on any atom is 0.324 e. The number of thiazole rings is 1. The van der Waals surface area contributed by atoms with E-state index in [4.69, 9.17) is 16.6 Å². The number of nitrogens with zero attached hydrogens (tertiary/aromatic N) is 2. The Kier molecular flexibility index (Phi) is 4.55. The lowest BCUT2D eigenvalue weighted by Gasteiger charge is -2.03. The number of aliphatic carboxylic acids is 1. The molecular weight excluding hydrogens is 248 g/mol. The van der Waals surface area contributed by atoms with Crippen LogP contribution in [0, 0.1) is 0 Å². The van der Waals surface area contributed by atoms with Crippen molar-refractivity contribution in [2.45, 2.75) is 6.04 Å². The molecule has 1 rings (SSSR count). The van der Waals surface area contributed by atoms with Gasteiger partial charge in [0.05, 0.1) is 0 Å². The highest BCUT2D eigenvalue weighted by Crippen LogP contribution is 2.11. The van der Waals surface area contributed by atoms with Crippen molar-refractivity contribution in [1.29, 1.82) is 0 Å². The van der Waals surface area contributed by atoms with E-state index in [0.29, 0.717) is 0 Å². The predicted molar refractivity (Wildman–Crippen MR) is 60.3 cm³/mol. The molecule has 0 saturated heterocycles. The number of nitrogen functional groups attached to an aromatic ring is 1. The Morgan fingerprint density at radius 3 is 2.94 bits per heavy atom. The third-order valence-corrected chi connectivity index (χ3v) is 2.26. The largest absolute Gasteiger partial charge is 0.480 e. The first kappa shape index (κ1) is 13.1. The van der Waals surface area contributed by atoms with Gasteiger partial charge in [0.2, 0.25) is 0 Å². The lowest BCUT2D eigenvalue weighted by Crippen LogP contribution is -2.34. The van der Waals surface area contributed by atoms with Crippen molar-refractivity contribution in [2.75, 3.05) is 12.3 Å². The van der Waals surface area contributed by atoms with E-state index in [-0.39, 0.29) is 23.1 Å². The zero-order valence-electron chi connectivity index (χ0n) is 8.49. The SMILES string of the molecule is Nc1nc(/C([C]=O)=N\OCC(N)C(=O)O)cs1. The van der Waals surface area contributed by atoms with Crippen molar-refractivity contribution in [3.8, 4) is 0 Å². The molecule has 5 N–H and O–H groups in total. The van der Waals surface area contributed by atoms with Crippen LogP contribution in [0.5, 0.6) is 0 Å². The summed E-state index contributed by atoms with van der Waals surface area (Å²) in [7, 11) is 0. The molecule has 8 nitrogen and oxygen atoms in total. The van der Waals surface area contributed by atoms with E-state index in [1.165, 1.54) is 11.7 Å². The lowest BCUT2D eigenvalue weighted by atomic mass is 10.3. The van der Waals surface area contributed by atoms with Gasteiger partial charge in [0.15, 0.2) is 10.8 Å². The summed E-state index contributed by atoms with van der Waals surface area (Å²) in [5, 5.41) is 13.6. The van der Waals surface area contributed by atoms with Crippen molar-refractivity contribution >= 4 is 34.4 Å². The van der Waals surface area contributed by atoms with Gasteiger partial charge in [-0.25, -0.2) is 4.98 Å². The van der Waals surface area contributed by atoms with Crippen LogP contribution in [-0.4, -0.2) is 40.7 Å². The Hall–Kier alpha value is -2.00. The Bertz CT molecular complexity index is 444. The van der Waals surface area contributed by atoms with Crippen LogP contribution in [0.3, 0.4) is 0 Å². The minimum absolute atomic E-state index is 0.199. The minimum atomic E-state index is -1.23. The van der Waals surface area contributed by atoms with Crippen LogP contribution in [0.25, 0.3) is 0 Å². The first-order chi connectivity index (χ1) is 8.04. The Labute approximate surface area is 99.9 Å². The topological polar surface area (TPSA) is 141 Å². The van der Waals surface area contributed by atoms with Gasteiger partial charge in [-0.05, 0) is 0 Å². The zero-order valence-corrected chi connectivity index (χ0v) is 9.31. The van der Waals surface area contributed by atoms with Gasteiger partial charge in [-0.1, -0.05) is 5.16 Å². The summed E-state index contributed by atoms with van der Waals surface area (Å²) in [6.45, 7) is -0.361. The molecule has 1 aromatic heterocycles. The number of oxime groups is 1. The summed E-state index contributed by atoms with van der Waals surface area (Å²) in [6.07, 6.45) is 1.51. The molecule has 1 heterocycles. The van der Waals surface area contributed by atoms with Crippen molar-refractivity contribution in [1.82, 2.24) is 4.98 Å². The Morgan fingerprint density at radius 1 is 1.76 bits per heavy atom. The summed E-state index contributed by atoms with van der Waals surface area (Å²) < 4.78 is 0. The van der Waals surface area contributed by atoms with E-state index < -0.39 is 12.0 Å². The normalized spacial score (nSPS) is 13.1. The molecule has 0 aliphatic heterocycles. The van der Waals surface area contributed by atoms with Crippen LogP contribution in [0.15, 0.2) is 10.5 Å². The molecule has 9 heteroatoms. The van der Waals surface area contributed by atoms with Crippen molar-refractivity contribution in [2.24, 2.45) is 10.9 Å². The maximum atomic E-state index is 10.6. The molecule has 0 aliphatic rings. The minimum Gasteiger partial charge on any atom is -0.480 e. The zero-order chi connectivity index (χ0) is 12.8. The molecule has 0 spiro atoms. The fourth-order valence-electron chi connectivity index (χ4n) is 0.767. The van der Waals surface area contributed by atoms with Crippen LogP contribution < -0.4 is 11.5 Å². The average Bonchev–Trinajstić information content (AvgIpc) is 2.70. The molecular formula is C8H9N4O4S. The van der Waals surface area contributed by atoms with E-state index in [1.807, 2.05) is 0 Å². The van der Waals surface area contributed by atoms with Gasteiger partial charge in [0, 0.05) is 5.38 Å². The molecule has 0 aliphatic carbocycles. The molecule has 1 atom stereocenters. The highest BCUT2D eigenvalue weighted by molar-refractivity contribution is 7.13. The number of aromatic nitrogens is 1. The second-order valence-corrected chi connectivity index (χ2v) is 3.74. The van der Waals surface area contributed by atoms with Crippen molar-refractivity contribution < 1.29 is 19.5 Å². The molecule has 1 aromatic rings. The van der Waals surface area contributed by atoms with Gasteiger partial charge in [-0.3, -0.25) is 9.59 Å². The molecule has 0 fully saturated rings. The number of rotatable bonds is 6. The lowest BCUT2D eigenvalue weighted by molar-refractivity contribution is -0.140. The first-order valence-corrected chi connectivity index (χ1v) is 5.20. The van der Waals surface area contributed by atoms with Crippen molar-refractivity contribution in [3.05, 3.63) is 11.1 Å². The van der Waals surface area contributed by atoms with Crippen molar-refractivity contribution in [3.63, 3.8) is 0 Å². The van der Waals surface area contributed by atoms with Crippen LogP contribution in [0.1, 0.15) is 5.69 Å². The molecule has 0 aromatic carbocycles. The maximum absolute atomic E-state index is 10.6. The number of anilines is 1. The predicted octanol–water partition coefficient (Wildman–Crippen LogP) is -1.03. The summed E-state index contributed by atoms with van der Waals surface area (Å²) in [5.74, 6) is -1.23. The highest BCUT2D eigenvalue weighted by atomic mass is 32.1. The standard InChI is InChI=1S/C8H9N4O4S/c9-4(7(14)15)2-16-12-5(1-13)6-3-17-8(10)11-6/h3-4H,2,9H2,(H2,10,11)(H,14,15)/b12-5-. The quantitative estimate of drug-likeness (QED) is 0.437. The van der Waals surface area contributed by atoms with Gasteiger partial charge in [0.25, 0.3) is 6.29 Å². The summed E-state index contributed by atoms with van der Waals surface area (Å²) in [5.41, 5.74) is 10.5. The molecule has 91 valence electrons. The van der Waals surface area contributed by atoms with Gasteiger partial charge in [-0.15, -0.1) is 11.3 Å². The third-order valence-electron chi connectivity index (χ3n) is 1.59. The van der Waals surface area contributed by atoms with Crippen LogP contribution >= 0.6 is 11.3 Å². The smallest absolute Gasteiger partial charge is 0.324 e. The van der Waals surface area contributed by atoms with E-state index in [9.17, 15) is 9.59 Å².